The van der Waals surface area contributed by atoms with Gasteiger partial charge < -0.3 is 14.6 Å². The molecular weight excluding hydrogens is 278 g/mol. The Labute approximate surface area is 130 Å². The van der Waals surface area contributed by atoms with Crippen molar-refractivity contribution in [3.8, 4) is 0 Å². The van der Waals surface area contributed by atoms with E-state index < -0.39 is 0 Å². The van der Waals surface area contributed by atoms with Gasteiger partial charge in [0, 0.05) is 24.8 Å². The lowest BCUT2D eigenvalue weighted by Gasteiger charge is -2.12. The second-order valence-corrected chi connectivity index (χ2v) is 6.17. The fourth-order valence-corrected chi connectivity index (χ4v) is 3.13. The number of ether oxygens (including phenoxy) is 1. The van der Waals surface area contributed by atoms with Crippen molar-refractivity contribution in [2.45, 2.75) is 45.8 Å². The van der Waals surface area contributed by atoms with E-state index in [9.17, 15) is 4.79 Å². The summed E-state index contributed by atoms with van der Waals surface area (Å²) in [4.78, 5) is 16.8. The molecule has 1 fully saturated rings. The Balaban J connectivity index is 1.78. The molecule has 5 heteroatoms. The van der Waals surface area contributed by atoms with Crippen LogP contribution in [0.3, 0.4) is 0 Å². The average Bonchev–Trinajstić information content (AvgIpc) is 3.09. The minimum Gasteiger partial charge on any atom is -0.376 e. The Hall–Kier alpha value is -1.88. The molecule has 3 rings (SSSR count). The smallest absolute Gasteiger partial charge is 0.251 e. The molecule has 0 saturated carbocycles. The van der Waals surface area contributed by atoms with Crippen molar-refractivity contribution >= 4 is 16.9 Å². The molecule has 0 spiro atoms. The Morgan fingerprint density at radius 2 is 2.32 bits per heavy atom. The van der Waals surface area contributed by atoms with E-state index in [4.69, 9.17) is 4.74 Å². The third-order valence-electron chi connectivity index (χ3n) is 4.16. The maximum Gasteiger partial charge on any atom is 0.251 e. The number of hydrogen-bond acceptors (Lipinski definition) is 3. The van der Waals surface area contributed by atoms with Gasteiger partial charge in [-0.2, -0.15) is 0 Å². The van der Waals surface area contributed by atoms with Crippen molar-refractivity contribution in [1.29, 1.82) is 0 Å². The third kappa shape index (κ3) is 2.86. The number of benzene rings is 1. The Bertz CT molecular complexity index is 685. The lowest BCUT2D eigenvalue weighted by molar-refractivity contribution is 0.0858. The molecule has 1 aromatic heterocycles. The molecule has 1 unspecified atom stereocenters. The van der Waals surface area contributed by atoms with Crippen LogP contribution in [0.5, 0.6) is 0 Å². The summed E-state index contributed by atoms with van der Waals surface area (Å²) in [6.07, 6.45) is 2.27. The Morgan fingerprint density at radius 3 is 3.00 bits per heavy atom. The van der Waals surface area contributed by atoms with Crippen LogP contribution < -0.4 is 5.32 Å². The molecule has 1 amide bonds. The van der Waals surface area contributed by atoms with Crippen LogP contribution in [0.25, 0.3) is 11.0 Å². The highest BCUT2D eigenvalue weighted by atomic mass is 16.5. The van der Waals surface area contributed by atoms with Gasteiger partial charge in [0.15, 0.2) is 0 Å². The molecule has 0 aliphatic carbocycles. The zero-order valence-electron chi connectivity index (χ0n) is 13.4. The summed E-state index contributed by atoms with van der Waals surface area (Å²) in [6.45, 7) is 7.65. The van der Waals surface area contributed by atoms with Crippen LogP contribution in [-0.2, 0) is 4.74 Å². The number of fused-ring (bicyclic) bond motifs is 1. The lowest BCUT2D eigenvalue weighted by Crippen LogP contribution is -2.31. The first-order valence-corrected chi connectivity index (χ1v) is 7.94. The predicted molar refractivity (Wildman–Crippen MR) is 86.2 cm³/mol. The molecule has 5 nitrogen and oxygen atoms in total. The van der Waals surface area contributed by atoms with Gasteiger partial charge in [-0.05, 0) is 51.8 Å². The van der Waals surface area contributed by atoms with Gasteiger partial charge in [-0.25, -0.2) is 4.98 Å². The fraction of sp³-hybridized carbons (Fsp3) is 0.529. The number of aryl methyl sites for hydroxylation is 1. The summed E-state index contributed by atoms with van der Waals surface area (Å²) in [5.41, 5.74) is 2.60. The summed E-state index contributed by atoms with van der Waals surface area (Å²) >= 11 is 0. The highest BCUT2D eigenvalue weighted by Crippen LogP contribution is 2.22. The summed E-state index contributed by atoms with van der Waals surface area (Å²) in [5, 5.41) is 2.95. The van der Waals surface area contributed by atoms with E-state index in [-0.39, 0.29) is 12.0 Å². The molecule has 1 aliphatic rings. The molecule has 118 valence electrons. The molecule has 1 atom stereocenters. The number of imidazole rings is 1. The zero-order chi connectivity index (χ0) is 15.7. The SMILES string of the molecule is Cc1nc2cc(C(=O)NCC3CCCO3)ccc2n1C(C)C. The number of hydrogen-bond donors (Lipinski definition) is 1. The summed E-state index contributed by atoms with van der Waals surface area (Å²) < 4.78 is 7.71. The van der Waals surface area contributed by atoms with Crippen LogP contribution in [0.4, 0.5) is 0 Å². The first kappa shape index (κ1) is 15.0. The first-order chi connectivity index (χ1) is 10.6. The van der Waals surface area contributed by atoms with Gasteiger partial charge in [-0.15, -0.1) is 0 Å². The van der Waals surface area contributed by atoms with Crippen LogP contribution in [0.2, 0.25) is 0 Å². The highest BCUT2D eigenvalue weighted by Gasteiger charge is 2.17. The van der Waals surface area contributed by atoms with Crippen molar-refractivity contribution in [2.24, 2.45) is 0 Å². The van der Waals surface area contributed by atoms with Gasteiger partial charge in [-0.3, -0.25) is 4.79 Å². The topological polar surface area (TPSA) is 56.1 Å². The molecule has 0 radical (unpaired) electrons. The zero-order valence-corrected chi connectivity index (χ0v) is 13.4. The molecular formula is C17H23N3O2. The van der Waals surface area contributed by atoms with E-state index in [1.165, 1.54) is 0 Å². The number of aromatic nitrogens is 2. The Kier molecular flexibility index (Phi) is 4.16. The van der Waals surface area contributed by atoms with Gasteiger partial charge in [0.2, 0.25) is 0 Å². The standard InChI is InChI=1S/C17H23N3O2/c1-11(2)20-12(3)19-15-9-13(6-7-16(15)20)17(21)18-10-14-5-4-8-22-14/h6-7,9,11,14H,4-5,8,10H2,1-3H3,(H,18,21). The normalized spacial score (nSPS) is 18.3. The second-order valence-electron chi connectivity index (χ2n) is 6.17. The maximum absolute atomic E-state index is 12.3. The van der Waals surface area contributed by atoms with Crippen LogP contribution in [0.1, 0.15) is 48.9 Å². The van der Waals surface area contributed by atoms with Gasteiger partial charge in [0.05, 0.1) is 17.1 Å². The molecule has 1 N–H and O–H groups in total. The van der Waals surface area contributed by atoms with Crippen molar-refractivity contribution in [1.82, 2.24) is 14.9 Å². The molecule has 1 aliphatic heterocycles. The van der Waals surface area contributed by atoms with Crippen molar-refractivity contribution in [3.63, 3.8) is 0 Å². The van der Waals surface area contributed by atoms with Gasteiger partial charge in [0.1, 0.15) is 5.82 Å². The van der Waals surface area contributed by atoms with E-state index in [1.807, 2.05) is 25.1 Å². The minimum atomic E-state index is -0.0610. The summed E-state index contributed by atoms with van der Waals surface area (Å²) in [5.74, 6) is 0.913. The van der Waals surface area contributed by atoms with Crippen molar-refractivity contribution in [3.05, 3.63) is 29.6 Å². The number of rotatable bonds is 4. The van der Waals surface area contributed by atoms with Gasteiger partial charge >= 0.3 is 0 Å². The summed E-state index contributed by atoms with van der Waals surface area (Å²) in [7, 11) is 0. The van der Waals surface area contributed by atoms with E-state index in [0.29, 0.717) is 18.2 Å². The first-order valence-electron chi connectivity index (χ1n) is 7.94. The van der Waals surface area contributed by atoms with Gasteiger partial charge in [0.25, 0.3) is 5.91 Å². The number of nitrogens with one attached hydrogen (secondary N) is 1. The fourth-order valence-electron chi connectivity index (χ4n) is 3.13. The largest absolute Gasteiger partial charge is 0.376 e. The maximum atomic E-state index is 12.3. The number of nitrogens with zero attached hydrogens (tertiary/aromatic N) is 2. The van der Waals surface area contributed by atoms with Crippen molar-refractivity contribution < 1.29 is 9.53 Å². The van der Waals surface area contributed by atoms with Crippen molar-refractivity contribution in [2.75, 3.05) is 13.2 Å². The minimum absolute atomic E-state index is 0.0610. The molecule has 22 heavy (non-hydrogen) atoms. The molecule has 1 aromatic carbocycles. The van der Waals surface area contributed by atoms with Crippen LogP contribution >= 0.6 is 0 Å². The molecule has 1 saturated heterocycles. The van der Waals surface area contributed by atoms with Crippen LogP contribution in [0, 0.1) is 6.92 Å². The van der Waals surface area contributed by atoms with E-state index in [1.54, 1.807) is 0 Å². The second kappa shape index (κ2) is 6.08. The number of carbonyl (C=O) groups is 1. The highest BCUT2D eigenvalue weighted by molar-refractivity contribution is 5.97. The molecule has 0 bridgehead atoms. The van der Waals surface area contributed by atoms with Crippen LogP contribution in [0.15, 0.2) is 18.2 Å². The quantitative estimate of drug-likeness (QED) is 0.944. The van der Waals surface area contributed by atoms with Gasteiger partial charge in [-0.1, -0.05) is 0 Å². The van der Waals surface area contributed by atoms with E-state index in [0.717, 1.165) is 36.3 Å². The number of carbonyl (C=O) groups excluding carboxylic acids is 1. The van der Waals surface area contributed by atoms with E-state index >= 15 is 0 Å². The van der Waals surface area contributed by atoms with E-state index in [2.05, 4.69) is 28.7 Å². The molecule has 2 heterocycles. The third-order valence-corrected chi connectivity index (χ3v) is 4.16. The summed E-state index contributed by atoms with van der Waals surface area (Å²) in [6, 6.07) is 6.07. The monoisotopic (exact) mass is 301 g/mol. The predicted octanol–water partition coefficient (Wildman–Crippen LogP) is 2.83. The van der Waals surface area contributed by atoms with Crippen LogP contribution in [-0.4, -0.2) is 34.7 Å². The number of amides is 1. The Morgan fingerprint density at radius 1 is 1.50 bits per heavy atom. The lowest BCUT2D eigenvalue weighted by atomic mass is 10.1. The molecule has 2 aromatic rings. The average molecular weight is 301 g/mol.